The summed E-state index contributed by atoms with van der Waals surface area (Å²) in [5, 5.41) is 8.77. The van der Waals surface area contributed by atoms with Gasteiger partial charge in [0.05, 0.1) is 11.6 Å². The van der Waals surface area contributed by atoms with E-state index in [0.717, 1.165) is 37.1 Å². The maximum absolute atomic E-state index is 13.8. The Hall–Kier alpha value is -1.40. The Bertz CT molecular complexity index is 435. The fourth-order valence-electron chi connectivity index (χ4n) is 2.25. The molecule has 3 heteroatoms. The Morgan fingerprint density at radius 2 is 2.11 bits per heavy atom. The largest absolute Gasteiger partial charge is 0.299 e. The van der Waals surface area contributed by atoms with Gasteiger partial charge in [-0.3, -0.25) is 4.90 Å². The predicted octanol–water partition coefficient (Wildman–Crippen LogP) is 3.49. The van der Waals surface area contributed by atoms with Crippen molar-refractivity contribution < 1.29 is 4.39 Å². The Morgan fingerprint density at radius 1 is 1.39 bits per heavy atom. The van der Waals surface area contributed by atoms with E-state index in [1.807, 2.05) is 26.0 Å². The number of nitriles is 1. The highest BCUT2D eigenvalue weighted by Gasteiger charge is 2.19. The molecular formula is C15H21FN2. The van der Waals surface area contributed by atoms with Gasteiger partial charge in [0, 0.05) is 18.7 Å². The lowest BCUT2D eigenvalue weighted by Gasteiger charge is -2.28. The lowest BCUT2D eigenvalue weighted by molar-refractivity contribution is 0.250. The van der Waals surface area contributed by atoms with Crippen LogP contribution in [0.1, 0.15) is 43.9 Å². The molecule has 0 saturated heterocycles. The van der Waals surface area contributed by atoms with Crippen LogP contribution < -0.4 is 0 Å². The van der Waals surface area contributed by atoms with E-state index in [1.54, 1.807) is 0 Å². The van der Waals surface area contributed by atoms with Gasteiger partial charge in [0.2, 0.25) is 0 Å². The van der Waals surface area contributed by atoms with E-state index in [1.165, 1.54) is 6.07 Å². The van der Waals surface area contributed by atoms with Gasteiger partial charge in [-0.05, 0) is 37.1 Å². The van der Waals surface area contributed by atoms with Gasteiger partial charge in [0.15, 0.2) is 0 Å². The summed E-state index contributed by atoms with van der Waals surface area (Å²) in [5.41, 5.74) is 2.21. The van der Waals surface area contributed by atoms with Gasteiger partial charge in [-0.25, -0.2) is 4.39 Å². The van der Waals surface area contributed by atoms with Gasteiger partial charge >= 0.3 is 0 Å². The normalized spacial score (nSPS) is 14.2. The first-order valence-electron chi connectivity index (χ1n) is 6.68. The van der Waals surface area contributed by atoms with Crippen LogP contribution >= 0.6 is 0 Å². The summed E-state index contributed by atoms with van der Waals surface area (Å²) in [7, 11) is 0. The average Bonchev–Trinajstić information content (AvgIpc) is 2.42. The van der Waals surface area contributed by atoms with Crippen molar-refractivity contribution in [3.63, 3.8) is 0 Å². The number of nitrogens with zero attached hydrogens (tertiary/aromatic N) is 2. The molecule has 1 aliphatic rings. The van der Waals surface area contributed by atoms with Crippen LogP contribution in [-0.4, -0.2) is 18.0 Å². The van der Waals surface area contributed by atoms with Crippen molar-refractivity contribution in [3.8, 4) is 6.07 Å². The van der Waals surface area contributed by atoms with E-state index >= 15 is 0 Å². The fourth-order valence-corrected chi connectivity index (χ4v) is 2.25. The maximum Gasteiger partial charge on any atom is 0.129 e. The highest BCUT2D eigenvalue weighted by atomic mass is 19.1. The SMILES string of the molecule is CC.CCCN1CCc2cc(C#N)cc(F)c2C1. The molecule has 0 radical (unpaired) electrons. The molecule has 18 heavy (non-hydrogen) atoms. The Kier molecular flexibility index (Phi) is 5.80. The summed E-state index contributed by atoms with van der Waals surface area (Å²) in [4.78, 5) is 2.26. The third-order valence-corrected chi connectivity index (χ3v) is 3.04. The maximum atomic E-state index is 13.8. The molecule has 0 aliphatic carbocycles. The van der Waals surface area contributed by atoms with Crippen molar-refractivity contribution in [3.05, 3.63) is 34.6 Å². The summed E-state index contributed by atoms with van der Waals surface area (Å²) in [5.74, 6) is -0.227. The van der Waals surface area contributed by atoms with Gasteiger partial charge < -0.3 is 0 Å². The molecule has 0 spiro atoms. The highest BCUT2D eigenvalue weighted by molar-refractivity contribution is 5.40. The summed E-state index contributed by atoms with van der Waals surface area (Å²) in [6.45, 7) is 8.79. The summed E-state index contributed by atoms with van der Waals surface area (Å²) in [6.07, 6.45) is 1.94. The molecule has 0 atom stereocenters. The van der Waals surface area contributed by atoms with Crippen LogP contribution in [0.2, 0.25) is 0 Å². The quantitative estimate of drug-likeness (QED) is 0.801. The molecule has 0 N–H and O–H groups in total. The van der Waals surface area contributed by atoms with E-state index < -0.39 is 0 Å². The Morgan fingerprint density at radius 3 is 2.72 bits per heavy atom. The van der Waals surface area contributed by atoms with Gasteiger partial charge in [-0.15, -0.1) is 0 Å². The minimum Gasteiger partial charge on any atom is -0.299 e. The molecule has 98 valence electrons. The number of halogens is 1. The minimum absolute atomic E-state index is 0.227. The molecule has 2 rings (SSSR count). The van der Waals surface area contributed by atoms with Gasteiger partial charge in [0.25, 0.3) is 0 Å². The number of hydrogen-bond donors (Lipinski definition) is 0. The summed E-state index contributed by atoms with van der Waals surface area (Å²) >= 11 is 0. The van der Waals surface area contributed by atoms with Crippen molar-refractivity contribution in [2.45, 2.75) is 40.2 Å². The lowest BCUT2D eigenvalue weighted by Crippen LogP contribution is -2.31. The van der Waals surface area contributed by atoms with Crippen LogP contribution in [0.25, 0.3) is 0 Å². The third-order valence-electron chi connectivity index (χ3n) is 3.04. The summed E-state index contributed by atoms with van der Waals surface area (Å²) < 4.78 is 13.8. The van der Waals surface area contributed by atoms with Crippen molar-refractivity contribution in [2.24, 2.45) is 0 Å². The first-order valence-corrected chi connectivity index (χ1v) is 6.68. The van der Waals surface area contributed by atoms with Gasteiger partial charge in [-0.2, -0.15) is 5.26 Å². The number of rotatable bonds is 2. The van der Waals surface area contributed by atoms with E-state index in [9.17, 15) is 4.39 Å². The summed E-state index contributed by atoms with van der Waals surface area (Å²) in [6, 6.07) is 5.16. The molecule has 1 aliphatic heterocycles. The minimum atomic E-state index is -0.227. The van der Waals surface area contributed by atoms with Crippen molar-refractivity contribution in [2.75, 3.05) is 13.1 Å². The number of hydrogen-bond acceptors (Lipinski definition) is 2. The number of fused-ring (bicyclic) bond motifs is 1. The zero-order valence-corrected chi connectivity index (χ0v) is 11.5. The van der Waals surface area contributed by atoms with E-state index in [-0.39, 0.29) is 5.82 Å². The molecule has 0 saturated carbocycles. The third kappa shape index (κ3) is 3.30. The second-order valence-electron chi connectivity index (χ2n) is 4.23. The van der Waals surface area contributed by atoms with Crippen molar-refractivity contribution in [1.82, 2.24) is 4.90 Å². The topological polar surface area (TPSA) is 27.0 Å². The zero-order chi connectivity index (χ0) is 13.5. The number of benzene rings is 1. The molecule has 2 nitrogen and oxygen atoms in total. The second-order valence-corrected chi connectivity index (χ2v) is 4.23. The first-order chi connectivity index (χ1) is 8.74. The molecule has 0 aromatic heterocycles. The van der Waals surface area contributed by atoms with Crippen LogP contribution in [0, 0.1) is 17.1 Å². The van der Waals surface area contributed by atoms with Crippen LogP contribution in [-0.2, 0) is 13.0 Å². The van der Waals surface area contributed by atoms with Crippen LogP contribution in [0.4, 0.5) is 4.39 Å². The van der Waals surface area contributed by atoms with E-state index in [2.05, 4.69) is 11.8 Å². The Balaban J connectivity index is 0.000000771. The van der Waals surface area contributed by atoms with Gasteiger partial charge in [-0.1, -0.05) is 20.8 Å². The molecule has 1 heterocycles. The molecule has 0 unspecified atom stereocenters. The van der Waals surface area contributed by atoms with E-state index in [0.29, 0.717) is 12.1 Å². The van der Waals surface area contributed by atoms with Crippen molar-refractivity contribution >= 4 is 0 Å². The van der Waals surface area contributed by atoms with Gasteiger partial charge in [0.1, 0.15) is 5.82 Å². The average molecular weight is 248 g/mol. The molecule has 0 bridgehead atoms. The second kappa shape index (κ2) is 7.13. The van der Waals surface area contributed by atoms with E-state index in [4.69, 9.17) is 5.26 Å². The molecule has 1 aromatic carbocycles. The van der Waals surface area contributed by atoms with Crippen LogP contribution in [0.15, 0.2) is 12.1 Å². The van der Waals surface area contributed by atoms with Crippen LogP contribution in [0.5, 0.6) is 0 Å². The molecule has 1 aromatic rings. The molecule has 0 fully saturated rings. The first kappa shape index (κ1) is 14.7. The molecular weight excluding hydrogens is 227 g/mol. The zero-order valence-electron chi connectivity index (χ0n) is 11.5. The van der Waals surface area contributed by atoms with Crippen LogP contribution in [0.3, 0.4) is 0 Å². The fraction of sp³-hybridized carbons (Fsp3) is 0.533. The monoisotopic (exact) mass is 248 g/mol. The smallest absolute Gasteiger partial charge is 0.129 e. The highest BCUT2D eigenvalue weighted by Crippen LogP contribution is 2.23. The predicted molar refractivity (Wildman–Crippen MR) is 71.7 cm³/mol. The van der Waals surface area contributed by atoms with Crippen molar-refractivity contribution in [1.29, 1.82) is 5.26 Å². The molecule has 0 amide bonds. The lowest BCUT2D eigenvalue weighted by atomic mass is 9.97. The Labute approximate surface area is 109 Å². The standard InChI is InChI=1S/C13H15FN2.C2H6/c1-2-4-16-5-3-11-6-10(8-15)7-13(14)12(11)9-16;1-2/h6-7H,2-5,9H2,1H3;1-2H3.